The van der Waals surface area contributed by atoms with Crippen LogP contribution in [0.25, 0.3) is 0 Å². The van der Waals surface area contributed by atoms with E-state index in [0.29, 0.717) is 17.9 Å². The molecule has 1 aliphatic rings. The van der Waals surface area contributed by atoms with Gasteiger partial charge in [-0.2, -0.15) is 4.31 Å². The molecule has 0 saturated heterocycles. The average molecular weight is 356 g/mol. The number of nitrogens with zero attached hydrogens (tertiary/aromatic N) is 1. The van der Waals surface area contributed by atoms with E-state index in [-0.39, 0.29) is 6.54 Å². The summed E-state index contributed by atoms with van der Waals surface area (Å²) in [4.78, 5) is 10.9. The van der Waals surface area contributed by atoms with Crippen LogP contribution < -0.4 is 5.73 Å². The molecule has 0 spiro atoms. The predicted octanol–water partition coefficient (Wildman–Crippen LogP) is 2.58. The van der Waals surface area contributed by atoms with E-state index in [1.807, 2.05) is 0 Å². The number of benzene rings is 1. The summed E-state index contributed by atoms with van der Waals surface area (Å²) >= 11 is 0. The standard InChI is InChI=1S/C17H25FN2O3S/c1-13-7-8-16(15(18)11-13)24(22,23)20(12-17(19)21)10-9-14-5-3-2-4-6-14/h7-8,11,14H,2-6,9-10,12H2,1H3,(H2,19,21). The summed E-state index contributed by atoms with van der Waals surface area (Å²) in [6.45, 7) is 1.44. The fraction of sp³-hybridized carbons (Fsp3) is 0.588. The quantitative estimate of drug-likeness (QED) is 0.815. The number of aryl methyl sites for hydroxylation is 1. The number of sulfonamides is 1. The number of nitrogens with two attached hydrogens (primary N) is 1. The van der Waals surface area contributed by atoms with E-state index in [0.717, 1.165) is 30.0 Å². The predicted molar refractivity (Wildman–Crippen MR) is 90.3 cm³/mol. The highest BCUT2D eigenvalue weighted by Crippen LogP contribution is 2.28. The molecular weight excluding hydrogens is 331 g/mol. The van der Waals surface area contributed by atoms with Crippen molar-refractivity contribution in [3.8, 4) is 0 Å². The molecule has 2 N–H and O–H groups in total. The summed E-state index contributed by atoms with van der Waals surface area (Å²) in [5.41, 5.74) is 5.83. The third-order valence-corrected chi connectivity index (χ3v) is 6.43. The lowest BCUT2D eigenvalue weighted by Crippen LogP contribution is -2.40. The van der Waals surface area contributed by atoms with Gasteiger partial charge in [-0.1, -0.05) is 38.2 Å². The second-order valence-corrected chi connectivity index (χ2v) is 8.44. The molecule has 0 heterocycles. The maximum atomic E-state index is 14.1. The second-order valence-electron chi connectivity index (χ2n) is 6.53. The molecule has 1 amide bonds. The minimum Gasteiger partial charge on any atom is -0.369 e. The number of carbonyl (C=O) groups excluding carboxylic acids is 1. The SMILES string of the molecule is Cc1ccc(S(=O)(=O)N(CCC2CCCCC2)CC(N)=O)c(F)c1. The van der Waals surface area contributed by atoms with Crippen molar-refractivity contribution in [3.05, 3.63) is 29.6 Å². The maximum absolute atomic E-state index is 14.1. The van der Waals surface area contributed by atoms with Crippen LogP contribution in [0.2, 0.25) is 0 Å². The summed E-state index contributed by atoms with van der Waals surface area (Å²) in [7, 11) is -4.09. The summed E-state index contributed by atoms with van der Waals surface area (Å²) in [6, 6.07) is 3.96. The van der Waals surface area contributed by atoms with Crippen molar-refractivity contribution in [2.24, 2.45) is 11.7 Å². The zero-order chi connectivity index (χ0) is 17.7. The number of hydrogen-bond donors (Lipinski definition) is 1. The molecule has 1 fully saturated rings. The number of halogens is 1. The van der Waals surface area contributed by atoms with Gasteiger partial charge in [0, 0.05) is 6.54 Å². The van der Waals surface area contributed by atoms with E-state index in [9.17, 15) is 17.6 Å². The Bertz CT molecular complexity index is 685. The zero-order valence-corrected chi connectivity index (χ0v) is 14.8. The van der Waals surface area contributed by atoms with Crippen LogP contribution in [0.3, 0.4) is 0 Å². The van der Waals surface area contributed by atoms with Gasteiger partial charge in [-0.25, -0.2) is 12.8 Å². The third-order valence-electron chi connectivity index (χ3n) is 4.55. The summed E-state index contributed by atoms with van der Waals surface area (Å²) < 4.78 is 40.6. The van der Waals surface area contributed by atoms with Crippen molar-refractivity contribution in [1.29, 1.82) is 0 Å². The number of hydrogen-bond acceptors (Lipinski definition) is 3. The molecule has 2 rings (SSSR count). The van der Waals surface area contributed by atoms with Crippen molar-refractivity contribution >= 4 is 15.9 Å². The molecule has 24 heavy (non-hydrogen) atoms. The fourth-order valence-electron chi connectivity index (χ4n) is 3.21. The lowest BCUT2D eigenvalue weighted by molar-refractivity contribution is -0.118. The second kappa shape index (κ2) is 8.07. The van der Waals surface area contributed by atoms with Crippen molar-refractivity contribution in [3.63, 3.8) is 0 Å². The van der Waals surface area contributed by atoms with Crippen LogP contribution >= 0.6 is 0 Å². The Morgan fingerprint density at radius 1 is 1.29 bits per heavy atom. The van der Waals surface area contributed by atoms with Crippen LogP contribution in [0.5, 0.6) is 0 Å². The normalized spacial score (nSPS) is 16.5. The Labute approximate surface area is 143 Å². The van der Waals surface area contributed by atoms with Crippen LogP contribution in [0.1, 0.15) is 44.1 Å². The summed E-state index contributed by atoms with van der Waals surface area (Å²) in [5, 5.41) is 0. The lowest BCUT2D eigenvalue weighted by atomic mass is 9.87. The van der Waals surface area contributed by atoms with Gasteiger partial charge < -0.3 is 5.73 Å². The molecule has 1 aliphatic carbocycles. The molecule has 0 aromatic heterocycles. The Balaban J connectivity index is 2.19. The first-order valence-corrected chi connectivity index (χ1v) is 9.79. The van der Waals surface area contributed by atoms with Gasteiger partial charge in [0.05, 0.1) is 6.54 Å². The van der Waals surface area contributed by atoms with Gasteiger partial charge in [-0.15, -0.1) is 0 Å². The first kappa shape index (κ1) is 18.9. The van der Waals surface area contributed by atoms with Gasteiger partial charge in [0.1, 0.15) is 10.7 Å². The molecule has 0 bridgehead atoms. The molecular formula is C17H25FN2O3S. The molecule has 134 valence electrons. The molecule has 1 saturated carbocycles. The highest BCUT2D eigenvalue weighted by atomic mass is 32.2. The van der Waals surface area contributed by atoms with Crippen LogP contribution in [-0.2, 0) is 14.8 Å². The third kappa shape index (κ3) is 4.77. The van der Waals surface area contributed by atoms with E-state index < -0.39 is 33.2 Å². The minimum atomic E-state index is -4.09. The van der Waals surface area contributed by atoms with Crippen LogP contribution in [0, 0.1) is 18.7 Å². The van der Waals surface area contributed by atoms with Crippen LogP contribution in [0.4, 0.5) is 4.39 Å². The van der Waals surface area contributed by atoms with Crippen LogP contribution in [0.15, 0.2) is 23.1 Å². The highest BCUT2D eigenvalue weighted by Gasteiger charge is 2.29. The Morgan fingerprint density at radius 3 is 2.54 bits per heavy atom. The molecule has 1 aromatic rings. The number of primary amides is 1. The largest absolute Gasteiger partial charge is 0.369 e. The van der Waals surface area contributed by atoms with E-state index >= 15 is 0 Å². The van der Waals surface area contributed by atoms with Crippen molar-refractivity contribution in [1.82, 2.24) is 4.31 Å². The average Bonchev–Trinajstić information content (AvgIpc) is 2.51. The smallest absolute Gasteiger partial charge is 0.246 e. The molecule has 1 aromatic carbocycles. The van der Waals surface area contributed by atoms with E-state index in [1.54, 1.807) is 13.0 Å². The van der Waals surface area contributed by atoms with Crippen LogP contribution in [-0.4, -0.2) is 31.7 Å². The molecule has 5 nitrogen and oxygen atoms in total. The van der Waals surface area contributed by atoms with Crippen molar-refractivity contribution in [2.75, 3.05) is 13.1 Å². The summed E-state index contributed by atoms with van der Waals surface area (Å²) in [6.07, 6.45) is 6.33. The number of rotatable bonds is 7. The lowest BCUT2D eigenvalue weighted by Gasteiger charge is -2.26. The molecule has 0 aliphatic heterocycles. The van der Waals surface area contributed by atoms with E-state index in [1.165, 1.54) is 18.6 Å². The van der Waals surface area contributed by atoms with Gasteiger partial charge in [0.15, 0.2) is 0 Å². The van der Waals surface area contributed by atoms with E-state index in [4.69, 9.17) is 5.73 Å². The first-order valence-electron chi connectivity index (χ1n) is 8.35. The molecule has 0 radical (unpaired) electrons. The monoisotopic (exact) mass is 356 g/mol. The van der Waals surface area contributed by atoms with Gasteiger partial charge in [-0.05, 0) is 37.0 Å². The first-order chi connectivity index (χ1) is 11.3. The highest BCUT2D eigenvalue weighted by molar-refractivity contribution is 7.89. The van der Waals surface area contributed by atoms with Gasteiger partial charge in [-0.3, -0.25) is 4.79 Å². The Kier molecular flexibility index (Phi) is 6.34. The van der Waals surface area contributed by atoms with Gasteiger partial charge in [0.25, 0.3) is 0 Å². The number of amides is 1. The van der Waals surface area contributed by atoms with Crippen molar-refractivity contribution in [2.45, 2.75) is 50.3 Å². The zero-order valence-electron chi connectivity index (χ0n) is 14.0. The minimum absolute atomic E-state index is 0.184. The van der Waals surface area contributed by atoms with Gasteiger partial charge in [0.2, 0.25) is 15.9 Å². The molecule has 7 heteroatoms. The van der Waals surface area contributed by atoms with E-state index in [2.05, 4.69) is 0 Å². The number of carbonyl (C=O) groups is 1. The fourth-order valence-corrected chi connectivity index (χ4v) is 4.68. The van der Waals surface area contributed by atoms with Crippen molar-refractivity contribution < 1.29 is 17.6 Å². The van der Waals surface area contributed by atoms with Gasteiger partial charge >= 0.3 is 0 Å². The summed E-state index contributed by atoms with van der Waals surface area (Å²) in [5.74, 6) is -1.09. The topological polar surface area (TPSA) is 80.5 Å². The molecule has 0 unspecified atom stereocenters. The Morgan fingerprint density at radius 2 is 1.96 bits per heavy atom. The maximum Gasteiger partial charge on any atom is 0.246 e. The molecule has 0 atom stereocenters. The Hall–Kier alpha value is -1.47.